The first-order chi connectivity index (χ1) is 15.4. The number of aromatic nitrogens is 1. The molecule has 32 heavy (non-hydrogen) atoms. The van der Waals surface area contributed by atoms with Crippen molar-refractivity contribution in [2.24, 2.45) is 0 Å². The molecule has 0 saturated heterocycles. The van der Waals surface area contributed by atoms with Gasteiger partial charge in [0.05, 0.1) is 22.7 Å². The van der Waals surface area contributed by atoms with E-state index in [9.17, 15) is 14.9 Å². The van der Waals surface area contributed by atoms with E-state index in [-0.39, 0.29) is 30.1 Å². The SMILES string of the molecule is CC(NC(=O)c1ccc(NC(C)c2ccccn2)c([N+](=O)[O-])c1)c1ccc2c(c1)OCO2. The van der Waals surface area contributed by atoms with Crippen molar-refractivity contribution in [2.75, 3.05) is 12.1 Å². The van der Waals surface area contributed by atoms with Crippen molar-refractivity contribution in [3.8, 4) is 11.5 Å². The highest BCUT2D eigenvalue weighted by atomic mass is 16.7. The number of nitrogens with one attached hydrogen (secondary N) is 2. The summed E-state index contributed by atoms with van der Waals surface area (Å²) in [7, 11) is 0. The molecular weight excluding hydrogens is 412 g/mol. The minimum absolute atomic E-state index is 0.169. The van der Waals surface area contributed by atoms with Gasteiger partial charge in [-0.1, -0.05) is 12.1 Å². The van der Waals surface area contributed by atoms with Crippen molar-refractivity contribution in [3.63, 3.8) is 0 Å². The first-order valence-corrected chi connectivity index (χ1v) is 10.1. The molecule has 4 rings (SSSR count). The average molecular weight is 434 g/mol. The number of anilines is 1. The summed E-state index contributed by atoms with van der Waals surface area (Å²) in [5, 5.41) is 17.6. The van der Waals surface area contributed by atoms with Crippen LogP contribution in [0.5, 0.6) is 11.5 Å². The maximum atomic E-state index is 12.8. The zero-order chi connectivity index (χ0) is 22.7. The normalized spacial score (nSPS) is 13.8. The monoisotopic (exact) mass is 434 g/mol. The number of carbonyl (C=O) groups excluding carboxylic acids is 1. The summed E-state index contributed by atoms with van der Waals surface area (Å²) in [5.74, 6) is 0.866. The standard InChI is InChI=1S/C23H22N4O5/c1-14(16-7-9-21-22(12-16)32-13-31-21)26-23(28)17-6-8-19(20(11-17)27(29)30)25-15(2)18-5-3-4-10-24-18/h3-12,14-15,25H,13H2,1-2H3,(H,26,28). The molecule has 0 bridgehead atoms. The minimum atomic E-state index is -0.508. The molecule has 0 radical (unpaired) electrons. The number of nitrogens with zero attached hydrogens (tertiary/aromatic N) is 2. The lowest BCUT2D eigenvalue weighted by Crippen LogP contribution is -2.26. The number of rotatable bonds is 7. The molecule has 2 heterocycles. The van der Waals surface area contributed by atoms with Crippen LogP contribution in [0.25, 0.3) is 0 Å². The summed E-state index contributed by atoms with van der Waals surface area (Å²) >= 11 is 0. The maximum absolute atomic E-state index is 12.8. The molecule has 2 atom stereocenters. The molecule has 164 valence electrons. The topological polar surface area (TPSA) is 116 Å². The van der Waals surface area contributed by atoms with Crippen LogP contribution in [-0.4, -0.2) is 22.6 Å². The van der Waals surface area contributed by atoms with E-state index in [0.717, 1.165) is 11.3 Å². The molecule has 1 amide bonds. The minimum Gasteiger partial charge on any atom is -0.454 e. The summed E-state index contributed by atoms with van der Waals surface area (Å²) in [4.78, 5) is 28.2. The van der Waals surface area contributed by atoms with Crippen LogP contribution < -0.4 is 20.1 Å². The predicted octanol–water partition coefficient (Wildman–Crippen LogP) is 4.38. The van der Waals surface area contributed by atoms with Crippen LogP contribution in [0.2, 0.25) is 0 Å². The fourth-order valence-corrected chi connectivity index (χ4v) is 3.43. The number of amides is 1. The van der Waals surface area contributed by atoms with E-state index >= 15 is 0 Å². The quantitative estimate of drug-likeness (QED) is 0.419. The number of hydrogen-bond donors (Lipinski definition) is 2. The van der Waals surface area contributed by atoms with Crippen molar-refractivity contribution in [3.05, 3.63) is 87.7 Å². The molecule has 1 aliphatic heterocycles. The van der Waals surface area contributed by atoms with E-state index < -0.39 is 10.8 Å². The molecule has 0 aliphatic carbocycles. The molecule has 0 fully saturated rings. The summed E-state index contributed by atoms with van der Waals surface area (Å²) in [5.41, 5.74) is 1.91. The maximum Gasteiger partial charge on any atom is 0.293 e. The zero-order valence-electron chi connectivity index (χ0n) is 17.6. The van der Waals surface area contributed by atoms with Gasteiger partial charge in [0.25, 0.3) is 11.6 Å². The summed E-state index contributed by atoms with van der Waals surface area (Å²) in [6, 6.07) is 14.7. The van der Waals surface area contributed by atoms with Gasteiger partial charge in [0, 0.05) is 17.8 Å². The number of hydrogen-bond acceptors (Lipinski definition) is 7. The van der Waals surface area contributed by atoms with Crippen LogP contribution in [-0.2, 0) is 0 Å². The molecule has 2 N–H and O–H groups in total. The number of nitro groups is 1. The molecule has 9 nitrogen and oxygen atoms in total. The molecule has 2 unspecified atom stereocenters. The van der Waals surface area contributed by atoms with Gasteiger partial charge < -0.3 is 20.1 Å². The first kappa shape index (κ1) is 21.1. The largest absolute Gasteiger partial charge is 0.454 e. The molecule has 1 aliphatic rings. The van der Waals surface area contributed by atoms with E-state index in [1.54, 1.807) is 24.4 Å². The van der Waals surface area contributed by atoms with Crippen molar-refractivity contribution >= 4 is 17.3 Å². The van der Waals surface area contributed by atoms with Crippen molar-refractivity contribution < 1.29 is 19.2 Å². The highest BCUT2D eigenvalue weighted by Crippen LogP contribution is 2.34. The molecule has 3 aromatic rings. The summed E-state index contributed by atoms with van der Waals surface area (Å²) < 4.78 is 10.7. The summed E-state index contributed by atoms with van der Waals surface area (Å²) in [6.07, 6.45) is 1.66. The van der Waals surface area contributed by atoms with Gasteiger partial charge >= 0.3 is 0 Å². The number of pyridine rings is 1. The molecular formula is C23H22N4O5. The van der Waals surface area contributed by atoms with Crippen LogP contribution in [0.3, 0.4) is 0 Å². The molecule has 1 aromatic heterocycles. The van der Waals surface area contributed by atoms with Crippen LogP contribution in [0.4, 0.5) is 11.4 Å². The Labute approximate surface area is 184 Å². The van der Waals surface area contributed by atoms with Crippen LogP contribution >= 0.6 is 0 Å². The zero-order valence-corrected chi connectivity index (χ0v) is 17.6. The van der Waals surface area contributed by atoms with Gasteiger partial charge in [-0.05, 0) is 55.8 Å². The van der Waals surface area contributed by atoms with E-state index in [0.29, 0.717) is 17.2 Å². The van der Waals surface area contributed by atoms with Crippen molar-refractivity contribution in [1.29, 1.82) is 0 Å². The lowest BCUT2D eigenvalue weighted by molar-refractivity contribution is -0.384. The van der Waals surface area contributed by atoms with Gasteiger partial charge in [-0.15, -0.1) is 0 Å². The van der Waals surface area contributed by atoms with E-state index in [2.05, 4.69) is 15.6 Å². The van der Waals surface area contributed by atoms with Gasteiger partial charge in [0.1, 0.15) is 5.69 Å². The predicted molar refractivity (Wildman–Crippen MR) is 118 cm³/mol. The number of nitro benzene ring substituents is 1. The Morgan fingerprint density at radius 2 is 1.88 bits per heavy atom. The van der Waals surface area contributed by atoms with Gasteiger partial charge in [0.15, 0.2) is 11.5 Å². The Balaban J connectivity index is 1.50. The number of benzene rings is 2. The van der Waals surface area contributed by atoms with E-state index in [1.807, 2.05) is 38.1 Å². The lowest BCUT2D eigenvalue weighted by atomic mass is 10.1. The van der Waals surface area contributed by atoms with Crippen molar-refractivity contribution in [1.82, 2.24) is 10.3 Å². The Morgan fingerprint density at radius 3 is 2.62 bits per heavy atom. The highest BCUT2D eigenvalue weighted by molar-refractivity contribution is 5.96. The molecule has 0 saturated carbocycles. The molecule has 0 spiro atoms. The Bertz CT molecular complexity index is 1150. The number of fused-ring (bicyclic) bond motifs is 1. The van der Waals surface area contributed by atoms with Crippen molar-refractivity contribution in [2.45, 2.75) is 25.9 Å². The second-order valence-electron chi connectivity index (χ2n) is 7.42. The second kappa shape index (κ2) is 8.93. The Hall–Kier alpha value is -4.14. The third kappa shape index (κ3) is 4.46. The smallest absolute Gasteiger partial charge is 0.293 e. The van der Waals surface area contributed by atoms with Gasteiger partial charge in [-0.25, -0.2) is 0 Å². The fraction of sp³-hybridized carbons (Fsp3) is 0.217. The third-order valence-corrected chi connectivity index (χ3v) is 5.20. The van der Waals surface area contributed by atoms with Crippen LogP contribution in [0, 0.1) is 10.1 Å². The Morgan fingerprint density at radius 1 is 1.06 bits per heavy atom. The van der Waals surface area contributed by atoms with E-state index in [1.165, 1.54) is 12.1 Å². The first-order valence-electron chi connectivity index (χ1n) is 10.1. The van der Waals surface area contributed by atoms with Gasteiger partial charge in [-0.2, -0.15) is 0 Å². The average Bonchev–Trinajstić information content (AvgIpc) is 3.27. The molecule has 9 heteroatoms. The number of ether oxygens (including phenoxy) is 2. The van der Waals surface area contributed by atoms with Crippen LogP contribution in [0.1, 0.15) is 47.5 Å². The van der Waals surface area contributed by atoms with Gasteiger partial charge in [-0.3, -0.25) is 19.9 Å². The Kier molecular flexibility index (Phi) is 5.89. The van der Waals surface area contributed by atoms with E-state index in [4.69, 9.17) is 9.47 Å². The third-order valence-electron chi connectivity index (χ3n) is 5.20. The molecule has 2 aromatic carbocycles. The van der Waals surface area contributed by atoms with Crippen LogP contribution in [0.15, 0.2) is 60.8 Å². The summed E-state index contributed by atoms with van der Waals surface area (Å²) in [6.45, 7) is 3.86. The second-order valence-corrected chi connectivity index (χ2v) is 7.42. The van der Waals surface area contributed by atoms with Gasteiger partial charge in [0.2, 0.25) is 6.79 Å². The fourth-order valence-electron chi connectivity index (χ4n) is 3.43. The lowest BCUT2D eigenvalue weighted by Gasteiger charge is -2.17. The highest BCUT2D eigenvalue weighted by Gasteiger charge is 2.21. The number of carbonyl (C=O) groups is 1.